The van der Waals surface area contributed by atoms with Crippen molar-refractivity contribution in [3.05, 3.63) is 40.7 Å². The van der Waals surface area contributed by atoms with Gasteiger partial charge in [0.05, 0.1) is 13.4 Å². The van der Waals surface area contributed by atoms with Crippen molar-refractivity contribution in [3.8, 4) is 5.75 Å². The number of methoxy groups -OCH3 is 1. The van der Waals surface area contributed by atoms with Gasteiger partial charge in [0.25, 0.3) is 5.65 Å². The van der Waals surface area contributed by atoms with Crippen LogP contribution in [0.25, 0.3) is 11.2 Å². The highest BCUT2D eigenvalue weighted by atomic mass is 16.6. The third-order valence-corrected chi connectivity index (χ3v) is 2.79. The molecule has 0 saturated heterocycles. The minimum atomic E-state index is -0.659. The van der Waals surface area contributed by atoms with Gasteiger partial charge in [-0.3, -0.25) is 0 Å². The van der Waals surface area contributed by atoms with Crippen molar-refractivity contribution < 1.29 is 9.66 Å². The highest BCUT2D eigenvalue weighted by molar-refractivity contribution is 5.85. The van der Waals surface area contributed by atoms with Crippen LogP contribution < -0.4 is 10.1 Å². The lowest BCUT2D eigenvalue weighted by molar-refractivity contribution is -0.394. The average molecular weight is 286 g/mol. The largest absolute Gasteiger partial charge is 0.497 e. The van der Waals surface area contributed by atoms with Gasteiger partial charge in [0.2, 0.25) is 5.82 Å². The van der Waals surface area contributed by atoms with Gasteiger partial charge in [-0.1, -0.05) is 0 Å². The summed E-state index contributed by atoms with van der Waals surface area (Å²) in [6, 6.07) is 7.08. The van der Waals surface area contributed by atoms with Crippen molar-refractivity contribution in [2.45, 2.75) is 0 Å². The second-order valence-electron chi connectivity index (χ2n) is 4.08. The molecule has 9 nitrogen and oxygen atoms in total. The van der Waals surface area contributed by atoms with Crippen LogP contribution in [0.15, 0.2) is 30.6 Å². The van der Waals surface area contributed by atoms with Crippen LogP contribution >= 0.6 is 0 Å². The number of aromatic nitrogens is 4. The first-order chi connectivity index (χ1) is 10.2. The van der Waals surface area contributed by atoms with E-state index in [1.54, 1.807) is 31.4 Å². The molecule has 0 fully saturated rings. The molecule has 0 unspecified atom stereocenters. The summed E-state index contributed by atoms with van der Waals surface area (Å²) >= 11 is 0. The number of nitrogens with zero attached hydrogens (tertiary/aromatic N) is 4. The van der Waals surface area contributed by atoms with Crippen LogP contribution in [0, 0.1) is 10.1 Å². The minimum absolute atomic E-state index is 0.229. The van der Waals surface area contributed by atoms with Crippen molar-refractivity contribution in [1.29, 1.82) is 0 Å². The lowest BCUT2D eigenvalue weighted by Crippen LogP contribution is -2.01. The Balaban J connectivity index is 2.01. The molecule has 0 aliphatic rings. The van der Waals surface area contributed by atoms with Gasteiger partial charge in [-0.2, -0.15) is 0 Å². The lowest BCUT2D eigenvalue weighted by atomic mass is 10.3. The zero-order valence-corrected chi connectivity index (χ0v) is 10.9. The van der Waals surface area contributed by atoms with Crippen LogP contribution in [-0.4, -0.2) is 32.0 Å². The summed E-state index contributed by atoms with van der Waals surface area (Å²) in [6.07, 6.45) is 1.41. The van der Waals surface area contributed by atoms with Gasteiger partial charge in [-0.05, 0) is 39.2 Å². The molecule has 3 rings (SSSR count). The van der Waals surface area contributed by atoms with Crippen LogP contribution in [-0.2, 0) is 0 Å². The smallest absolute Gasteiger partial charge is 0.473 e. The van der Waals surface area contributed by atoms with Crippen molar-refractivity contribution in [1.82, 2.24) is 19.9 Å². The molecule has 2 aromatic heterocycles. The maximum Gasteiger partial charge on any atom is 0.473 e. The Morgan fingerprint density at radius 3 is 2.71 bits per heavy atom. The van der Waals surface area contributed by atoms with Crippen LogP contribution in [0.5, 0.6) is 5.75 Å². The second kappa shape index (κ2) is 5.04. The predicted octanol–water partition coefficient (Wildman–Crippen LogP) is 2.01. The quantitative estimate of drug-likeness (QED) is 0.556. The van der Waals surface area contributed by atoms with Gasteiger partial charge in [0.15, 0.2) is 5.52 Å². The predicted molar refractivity (Wildman–Crippen MR) is 74.6 cm³/mol. The van der Waals surface area contributed by atoms with Gasteiger partial charge >= 0.3 is 5.95 Å². The molecule has 0 aliphatic carbocycles. The third kappa shape index (κ3) is 2.43. The van der Waals surface area contributed by atoms with E-state index in [4.69, 9.17) is 4.74 Å². The Kier molecular flexibility index (Phi) is 3.07. The molecular formula is C12H10N6O3. The number of aromatic amines is 1. The number of benzene rings is 1. The monoisotopic (exact) mass is 286 g/mol. The van der Waals surface area contributed by atoms with Crippen LogP contribution in [0.1, 0.15) is 0 Å². The van der Waals surface area contributed by atoms with E-state index in [-0.39, 0.29) is 11.5 Å². The maximum absolute atomic E-state index is 10.9. The summed E-state index contributed by atoms with van der Waals surface area (Å²) in [5.41, 5.74) is 1.43. The van der Waals surface area contributed by atoms with Gasteiger partial charge in [-0.25, -0.2) is 4.98 Å². The van der Waals surface area contributed by atoms with E-state index in [0.717, 1.165) is 0 Å². The normalized spacial score (nSPS) is 10.5. The fraction of sp³-hybridized carbons (Fsp3) is 0.0833. The van der Waals surface area contributed by atoms with E-state index in [1.165, 1.54) is 6.33 Å². The first kappa shape index (κ1) is 12.8. The Bertz CT molecular complexity index is 798. The molecule has 0 spiro atoms. The molecule has 0 atom stereocenters. The zero-order chi connectivity index (χ0) is 14.8. The van der Waals surface area contributed by atoms with Crippen LogP contribution in [0.2, 0.25) is 0 Å². The van der Waals surface area contributed by atoms with Gasteiger partial charge < -0.3 is 25.2 Å². The topological polar surface area (TPSA) is 119 Å². The zero-order valence-electron chi connectivity index (χ0n) is 10.9. The summed E-state index contributed by atoms with van der Waals surface area (Å²) < 4.78 is 5.07. The fourth-order valence-electron chi connectivity index (χ4n) is 1.80. The number of rotatable bonds is 4. The molecule has 0 amide bonds. The number of imidazole rings is 1. The molecule has 2 heterocycles. The van der Waals surface area contributed by atoms with E-state index < -0.39 is 10.9 Å². The Hall–Kier alpha value is -3.23. The standard InChI is InChI=1S/C12H10N6O3/c1-21-8-4-2-7(3-5-8)15-11-9-10(14-6-13-9)16-12(17-11)18(19)20/h2-6H,1H3,(H2,13,14,15,16,17). The summed E-state index contributed by atoms with van der Waals surface area (Å²) in [6.45, 7) is 0. The van der Waals surface area contributed by atoms with Gasteiger partial charge in [0.1, 0.15) is 5.75 Å². The highest BCUT2D eigenvalue weighted by Gasteiger charge is 2.19. The number of nitro groups is 1. The van der Waals surface area contributed by atoms with Crippen molar-refractivity contribution in [2.75, 3.05) is 12.4 Å². The molecule has 0 radical (unpaired) electrons. The molecule has 21 heavy (non-hydrogen) atoms. The number of anilines is 2. The summed E-state index contributed by atoms with van der Waals surface area (Å²) in [5, 5.41) is 13.9. The Morgan fingerprint density at radius 2 is 2.05 bits per heavy atom. The van der Waals surface area contributed by atoms with E-state index in [2.05, 4.69) is 25.3 Å². The highest BCUT2D eigenvalue weighted by Crippen LogP contribution is 2.24. The SMILES string of the molecule is COc1ccc(Nc2nc([N+](=O)[O-])nc3nc[nH]c23)cc1. The summed E-state index contributed by atoms with van der Waals surface area (Å²) in [7, 11) is 1.57. The fourth-order valence-corrected chi connectivity index (χ4v) is 1.80. The first-order valence-corrected chi connectivity index (χ1v) is 5.94. The lowest BCUT2D eigenvalue weighted by Gasteiger charge is -2.05. The van der Waals surface area contributed by atoms with Crippen LogP contribution in [0.4, 0.5) is 17.5 Å². The minimum Gasteiger partial charge on any atom is -0.497 e. The number of H-pyrrole nitrogens is 1. The van der Waals surface area contributed by atoms with Crippen LogP contribution in [0.3, 0.4) is 0 Å². The molecule has 2 N–H and O–H groups in total. The molecule has 0 bridgehead atoms. The first-order valence-electron chi connectivity index (χ1n) is 5.94. The number of hydrogen-bond donors (Lipinski definition) is 2. The molecule has 0 aliphatic heterocycles. The number of hydrogen-bond acceptors (Lipinski definition) is 7. The number of nitrogens with one attached hydrogen (secondary N) is 2. The van der Waals surface area contributed by atoms with E-state index >= 15 is 0 Å². The molecule has 106 valence electrons. The molecule has 9 heteroatoms. The molecular weight excluding hydrogens is 276 g/mol. The molecule has 1 aromatic carbocycles. The summed E-state index contributed by atoms with van der Waals surface area (Å²) in [4.78, 5) is 24.6. The molecule has 0 saturated carbocycles. The van der Waals surface area contributed by atoms with Crippen molar-refractivity contribution >= 4 is 28.6 Å². The Labute approximate surface area is 118 Å². The van der Waals surface area contributed by atoms with Gasteiger partial charge in [0, 0.05) is 5.69 Å². The molecule has 3 aromatic rings. The average Bonchev–Trinajstić information content (AvgIpc) is 2.96. The number of ether oxygens (including phenoxy) is 1. The van der Waals surface area contributed by atoms with E-state index in [1.807, 2.05) is 0 Å². The second-order valence-corrected chi connectivity index (χ2v) is 4.08. The maximum atomic E-state index is 10.9. The van der Waals surface area contributed by atoms with Crippen molar-refractivity contribution in [3.63, 3.8) is 0 Å². The Morgan fingerprint density at radius 1 is 1.29 bits per heavy atom. The van der Waals surface area contributed by atoms with E-state index in [0.29, 0.717) is 17.0 Å². The number of fused-ring (bicyclic) bond motifs is 1. The van der Waals surface area contributed by atoms with Crippen molar-refractivity contribution in [2.24, 2.45) is 0 Å². The van der Waals surface area contributed by atoms with E-state index in [9.17, 15) is 10.1 Å². The van der Waals surface area contributed by atoms with Gasteiger partial charge in [-0.15, -0.1) is 0 Å². The summed E-state index contributed by atoms with van der Waals surface area (Å²) in [5.74, 6) is 0.487. The third-order valence-electron chi connectivity index (χ3n) is 2.79.